The number of pyridine rings is 2. The van der Waals surface area contributed by atoms with Gasteiger partial charge in [-0.15, -0.1) is 0 Å². The van der Waals surface area contributed by atoms with Crippen molar-refractivity contribution in [2.45, 2.75) is 39.2 Å². The number of piperazine rings is 1. The van der Waals surface area contributed by atoms with Crippen LogP contribution in [0.3, 0.4) is 0 Å². The number of halogens is 4. The molecule has 218 valence electrons. The Morgan fingerprint density at radius 3 is 2.57 bits per heavy atom. The van der Waals surface area contributed by atoms with E-state index >= 15 is 0 Å². The molecule has 0 aliphatic carbocycles. The van der Waals surface area contributed by atoms with E-state index in [0.717, 1.165) is 6.08 Å². The molecule has 0 N–H and O–H groups in total. The quantitative estimate of drug-likeness (QED) is 0.272. The number of fused-ring (bicyclic) bond motifs is 1. The number of rotatable bonds is 6. The van der Waals surface area contributed by atoms with E-state index in [4.69, 9.17) is 16.6 Å². The summed E-state index contributed by atoms with van der Waals surface area (Å²) in [5.74, 6) is -1.19. The molecule has 0 bridgehead atoms. The van der Waals surface area contributed by atoms with Crippen LogP contribution in [-0.4, -0.2) is 62.4 Å². The maximum atomic E-state index is 14.9. The molecule has 1 saturated heterocycles. The fourth-order valence-electron chi connectivity index (χ4n) is 5.27. The van der Waals surface area contributed by atoms with Crippen molar-refractivity contribution < 1.29 is 18.0 Å². The van der Waals surface area contributed by atoms with Crippen LogP contribution < -0.4 is 10.6 Å². The molecule has 42 heavy (non-hydrogen) atoms. The second-order valence-electron chi connectivity index (χ2n) is 10.3. The molecule has 0 saturated carbocycles. The highest BCUT2D eigenvalue weighted by atomic mass is 35.5. The first-order chi connectivity index (χ1) is 20.0. The molecule has 3 aromatic heterocycles. The number of carbonyl (C=O) groups excluding carboxylic acids is 1. The van der Waals surface area contributed by atoms with E-state index in [0.29, 0.717) is 16.9 Å². The van der Waals surface area contributed by atoms with E-state index in [1.165, 1.54) is 38.6 Å². The minimum Gasteiger partial charge on any atom is -0.344 e. The van der Waals surface area contributed by atoms with E-state index in [9.17, 15) is 22.8 Å². The zero-order valence-electron chi connectivity index (χ0n) is 23.2. The number of aromatic nitrogens is 4. The summed E-state index contributed by atoms with van der Waals surface area (Å²) in [6.07, 6.45) is -0.169. The molecule has 1 aromatic carbocycles. The number of amides is 1. The number of hydrogen-bond donors (Lipinski definition) is 0. The average molecular weight is 597 g/mol. The van der Waals surface area contributed by atoms with Gasteiger partial charge in [-0.2, -0.15) is 4.98 Å². The van der Waals surface area contributed by atoms with Gasteiger partial charge in [-0.3, -0.25) is 9.78 Å². The first-order valence-electron chi connectivity index (χ1n) is 13.3. The summed E-state index contributed by atoms with van der Waals surface area (Å²) >= 11 is 6.67. The number of nitrogens with zero attached hydrogens (tertiary/aromatic N) is 6. The molecule has 8 nitrogen and oxygen atoms in total. The number of hydrogen-bond acceptors (Lipinski definition) is 6. The van der Waals surface area contributed by atoms with Gasteiger partial charge >= 0.3 is 5.69 Å². The van der Waals surface area contributed by atoms with Gasteiger partial charge in [0, 0.05) is 31.4 Å². The van der Waals surface area contributed by atoms with Crippen molar-refractivity contribution in [2.24, 2.45) is 0 Å². The highest BCUT2D eigenvalue weighted by Crippen LogP contribution is 2.36. The van der Waals surface area contributed by atoms with E-state index in [1.54, 1.807) is 18.3 Å². The number of benzene rings is 1. The Hall–Kier alpha value is -4.25. The molecule has 5 rings (SSSR count). The SMILES string of the molecule is C=CC(=O)N1CCN(c2nc(=O)n(-c3c(C)ccnc3C(C)C)c3nc(-c4ccccc4F)c(Cl)cc23)[C@H](C(F)F)C1. The minimum atomic E-state index is -2.88. The standard InChI is InChI=1S/C30H28ClF3N6O2/c1-5-23(41)38-12-13-39(22(15-38)27(33)34)28-19-14-20(31)25(18-8-6-7-9-21(18)32)36-29(19)40(30(42)37-28)26-17(4)10-11-35-24(26)16(2)3/h5-11,14,16,22,27H,1,12-13,15H2,2-4H3/t22-/m0/s1. The van der Waals surface area contributed by atoms with Crippen LogP contribution in [0.5, 0.6) is 0 Å². The summed E-state index contributed by atoms with van der Waals surface area (Å²) in [7, 11) is 0. The number of alkyl halides is 2. The van der Waals surface area contributed by atoms with Gasteiger partial charge in [0.15, 0.2) is 5.65 Å². The van der Waals surface area contributed by atoms with Crippen LogP contribution in [0.25, 0.3) is 28.0 Å². The zero-order chi connectivity index (χ0) is 30.3. The molecule has 4 heterocycles. The van der Waals surface area contributed by atoms with Crippen molar-refractivity contribution in [3.8, 4) is 16.9 Å². The van der Waals surface area contributed by atoms with Crippen molar-refractivity contribution in [3.05, 3.63) is 87.8 Å². The summed E-state index contributed by atoms with van der Waals surface area (Å²) in [4.78, 5) is 42.2. The van der Waals surface area contributed by atoms with E-state index < -0.39 is 29.9 Å². The molecule has 1 atom stereocenters. The number of anilines is 1. The van der Waals surface area contributed by atoms with Gasteiger partial charge in [-0.05, 0) is 48.7 Å². The highest BCUT2D eigenvalue weighted by Gasteiger charge is 2.37. The van der Waals surface area contributed by atoms with Gasteiger partial charge in [0.2, 0.25) is 5.91 Å². The second kappa shape index (κ2) is 11.6. The molecule has 1 aliphatic heterocycles. The molecule has 1 aliphatic rings. The number of aryl methyl sites for hydroxylation is 1. The van der Waals surface area contributed by atoms with Gasteiger partial charge in [0.1, 0.15) is 17.7 Å². The Labute approximate surface area is 245 Å². The lowest BCUT2D eigenvalue weighted by molar-refractivity contribution is -0.127. The zero-order valence-corrected chi connectivity index (χ0v) is 23.9. The maximum absolute atomic E-state index is 14.9. The first-order valence-corrected chi connectivity index (χ1v) is 13.7. The Bertz CT molecular complexity index is 1760. The lowest BCUT2D eigenvalue weighted by atomic mass is 10.0. The monoisotopic (exact) mass is 596 g/mol. The van der Waals surface area contributed by atoms with Gasteiger partial charge in [0.05, 0.1) is 27.5 Å². The van der Waals surface area contributed by atoms with Crippen LogP contribution in [0, 0.1) is 12.7 Å². The largest absolute Gasteiger partial charge is 0.355 e. The van der Waals surface area contributed by atoms with Gasteiger partial charge in [-0.25, -0.2) is 27.5 Å². The molecule has 4 aromatic rings. The minimum absolute atomic E-state index is 0.0318. The van der Waals surface area contributed by atoms with Crippen molar-refractivity contribution in [2.75, 3.05) is 24.5 Å². The Balaban J connectivity index is 1.84. The van der Waals surface area contributed by atoms with E-state index in [2.05, 4.69) is 16.5 Å². The highest BCUT2D eigenvalue weighted by molar-refractivity contribution is 6.33. The third kappa shape index (κ3) is 5.13. The Morgan fingerprint density at radius 1 is 1.17 bits per heavy atom. The third-order valence-corrected chi connectivity index (χ3v) is 7.61. The fraction of sp³-hybridized carbons (Fsp3) is 0.300. The predicted octanol–water partition coefficient (Wildman–Crippen LogP) is 5.54. The van der Waals surface area contributed by atoms with E-state index in [1.807, 2.05) is 20.8 Å². The molecular formula is C30H28ClF3N6O2. The van der Waals surface area contributed by atoms with Gasteiger partial charge in [0.25, 0.3) is 6.43 Å². The summed E-state index contributed by atoms with van der Waals surface area (Å²) in [5.41, 5.74) is 1.22. The molecule has 12 heteroatoms. The third-order valence-electron chi connectivity index (χ3n) is 7.32. The van der Waals surface area contributed by atoms with Crippen molar-refractivity contribution in [1.82, 2.24) is 24.4 Å². The van der Waals surface area contributed by atoms with Crippen molar-refractivity contribution in [1.29, 1.82) is 0 Å². The number of carbonyl (C=O) groups is 1. The summed E-state index contributed by atoms with van der Waals surface area (Å²) < 4.78 is 45.1. The average Bonchev–Trinajstić information content (AvgIpc) is 2.96. The molecule has 0 unspecified atom stereocenters. The second-order valence-corrected chi connectivity index (χ2v) is 10.7. The fourth-order valence-corrected chi connectivity index (χ4v) is 5.52. The predicted molar refractivity (Wildman–Crippen MR) is 156 cm³/mol. The van der Waals surface area contributed by atoms with Crippen LogP contribution in [-0.2, 0) is 4.79 Å². The molecule has 0 spiro atoms. The smallest absolute Gasteiger partial charge is 0.344 e. The van der Waals surface area contributed by atoms with Crippen molar-refractivity contribution >= 4 is 34.4 Å². The lowest BCUT2D eigenvalue weighted by Crippen LogP contribution is -2.58. The molecule has 1 fully saturated rings. The summed E-state index contributed by atoms with van der Waals surface area (Å²) in [5, 5.41) is 0.258. The van der Waals surface area contributed by atoms with Crippen LogP contribution in [0.4, 0.5) is 19.0 Å². The molecule has 1 amide bonds. The van der Waals surface area contributed by atoms with Crippen LogP contribution >= 0.6 is 11.6 Å². The van der Waals surface area contributed by atoms with Crippen LogP contribution in [0.15, 0.2) is 60.0 Å². The Kier molecular flexibility index (Phi) is 8.05. The van der Waals surface area contributed by atoms with Gasteiger partial charge < -0.3 is 9.80 Å². The lowest BCUT2D eigenvalue weighted by Gasteiger charge is -2.41. The van der Waals surface area contributed by atoms with Crippen molar-refractivity contribution in [3.63, 3.8) is 0 Å². The molecule has 0 radical (unpaired) electrons. The van der Waals surface area contributed by atoms with E-state index in [-0.39, 0.29) is 58.7 Å². The summed E-state index contributed by atoms with van der Waals surface area (Å²) in [6, 6.07) is 7.67. The summed E-state index contributed by atoms with van der Waals surface area (Å²) in [6.45, 7) is 8.87. The first kappa shape index (κ1) is 29.2. The topological polar surface area (TPSA) is 84.2 Å². The van der Waals surface area contributed by atoms with Gasteiger partial charge in [-0.1, -0.05) is 44.2 Å². The molecular weight excluding hydrogens is 569 g/mol. The Morgan fingerprint density at radius 2 is 1.90 bits per heavy atom. The normalized spacial score (nSPS) is 15.6. The van der Waals surface area contributed by atoms with Crippen LogP contribution in [0.1, 0.15) is 31.0 Å². The van der Waals surface area contributed by atoms with Crippen LogP contribution in [0.2, 0.25) is 5.02 Å². The maximum Gasteiger partial charge on any atom is 0.355 e.